The Bertz CT molecular complexity index is 955. The van der Waals surface area contributed by atoms with Gasteiger partial charge in [0, 0.05) is 13.0 Å². The van der Waals surface area contributed by atoms with Crippen molar-refractivity contribution in [1.82, 2.24) is 15.3 Å². The molecule has 0 spiro atoms. The molecule has 2 aromatic rings. The first-order valence-corrected chi connectivity index (χ1v) is 10.8. The summed E-state index contributed by atoms with van der Waals surface area (Å²) in [6, 6.07) is 4.79. The molecule has 11 heteroatoms. The number of hydrogen-bond acceptors (Lipinski definition) is 6. The molecule has 1 N–H and O–H groups in total. The summed E-state index contributed by atoms with van der Waals surface area (Å²) in [4.78, 5) is 19.0. The van der Waals surface area contributed by atoms with Gasteiger partial charge in [-0.05, 0) is 43.4 Å². The third-order valence-electron chi connectivity index (χ3n) is 5.04. The number of nitrogens with one attached hydrogen (secondary N) is 1. The molecule has 1 aromatic heterocycles. The van der Waals surface area contributed by atoms with Gasteiger partial charge in [0.15, 0.2) is 5.02 Å². The molecule has 0 bridgehead atoms. The molecule has 1 amide bonds. The molecule has 1 aliphatic carbocycles. The largest absolute Gasteiger partial charge is 0.476 e. The lowest BCUT2D eigenvalue weighted by Gasteiger charge is -2.35. The molecule has 0 unspecified atom stereocenters. The van der Waals surface area contributed by atoms with E-state index in [1.807, 2.05) is 6.92 Å². The molecule has 3 rings (SSSR count). The van der Waals surface area contributed by atoms with Crippen LogP contribution in [0.4, 0.5) is 13.2 Å². The molecule has 0 saturated heterocycles. The Labute approximate surface area is 194 Å². The Balaban J connectivity index is 1.45. The summed E-state index contributed by atoms with van der Waals surface area (Å²) < 4.78 is 55.5. The van der Waals surface area contributed by atoms with Crippen LogP contribution in [0, 0.1) is 5.92 Å². The first-order chi connectivity index (χ1) is 15.6. The predicted octanol–water partition coefficient (Wildman–Crippen LogP) is 4.43. The minimum atomic E-state index is -4.43. The molecule has 0 aliphatic heterocycles. The van der Waals surface area contributed by atoms with Crippen LogP contribution in [-0.2, 0) is 22.3 Å². The maximum Gasteiger partial charge on any atom is 0.416 e. The zero-order valence-corrected chi connectivity index (χ0v) is 18.9. The first kappa shape index (κ1) is 25.0. The highest BCUT2D eigenvalue weighted by Crippen LogP contribution is 2.34. The van der Waals surface area contributed by atoms with Crippen LogP contribution in [0.2, 0.25) is 5.02 Å². The van der Waals surface area contributed by atoms with E-state index in [4.69, 9.17) is 25.8 Å². The Morgan fingerprint density at radius 3 is 2.61 bits per heavy atom. The van der Waals surface area contributed by atoms with E-state index >= 15 is 0 Å². The van der Waals surface area contributed by atoms with Crippen molar-refractivity contribution in [3.8, 4) is 11.8 Å². The highest BCUT2D eigenvalue weighted by atomic mass is 35.5. The molecule has 7 nitrogen and oxygen atoms in total. The van der Waals surface area contributed by atoms with Gasteiger partial charge in [0.25, 0.3) is 0 Å². The van der Waals surface area contributed by atoms with Crippen molar-refractivity contribution in [2.24, 2.45) is 5.92 Å². The third kappa shape index (κ3) is 7.46. The molecule has 180 valence electrons. The zero-order chi connectivity index (χ0) is 24.0. The normalized spacial score (nSPS) is 18.8. The quantitative estimate of drug-likeness (QED) is 0.534. The number of carbonyl (C=O) groups excluding carboxylic acids is 1. The zero-order valence-electron chi connectivity index (χ0n) is 18.2. The Hall–Kier alpha value is -2.59. The van der Waals surface area contributed by atoms with Crippen molar-refractivity contribution in [2.75, 3.05) is 13.2 Å². The minimum absolute atomic E-state index is 0.0286. The molecular formula is C22H25ClF3N3O4. The van der Waals surface area contributed by atoms with Crippen molar-refractivity contribution < 1.29 is 32.2 Å². The van der Waals surface area contributed by atoms with Crippen molar-refractivity contribution in [1.29, 1.82) is 0 Å². The number of ether oxygens (including phenoxy) is 3. The third-order valence-corrected chi connectivity index (χ3v) is 5.36. The van der Waals surface area contributed by atoms with Gasteiger partial charge in [-0.15, -0.1) is 0 Å². The van der Waals surface area contributed by atoms with Gasteiger partial charge in [-0.3, -0.25) is 4.79 Å². The summed E-state index contributed by atoms with van der Waals surface area (Å²) in [5.41, 5.74) is -0.427. The lowest BCUT2D eigenvalue weighted by molar-refractivity contribution is -0.137. The summed E-state index contributed by atoms with van der Waals surface area (Å²) in [5.74, 6) is 0.354. The van der Waals surface area contributed by atoms with Crippen LogP contribution in [0.1, 0.15) is 37.8 Å². The predicted molar refractivity (Wildman–Crippen MR) is 114 cm³/mol. The van der Waals surface area contributed by atoms with Gasteiger partial charge in [-0.25, -0.2) is 9.97 Å². The lowest BCUT2D eigenvalue weighted by atomic mass is 9.83. The number of carbonyl (C=O) groups is 1. The Morgan fingerprint density at radius 2 is 1.94 bits per heavy atom. The van der Waals surface area contributed by atoms with Gasteiger partial charge in [-0.1, -0.05) is 23.7 Å². The molecule has 1 atom stereocenters. The Morgan fingerprint density at radius 1 is 1.24 bits per heavy atom. The molecular weight excluding hydrogens is 463 g/mol. The van der Waals surface area contributed by atoms with Gasteiger partial charge in [0.2, 0.25) is 17.7 Å². The van der Waals surface area contributed by atoms with Crippen LogP contribution in [-0.4, -0.2) is 41.2 Å². The fraction of sp³-hybridized carbons (Fsp3) is 0.500. The van der Waals surface area contributed by atoms with Crippen LogP contribution in [0.3, 0.4) is 0 Å². The van der Waals surface area contributed by atoms with E-state index in [1.165, 1.54) is 25.4 Å². The number of halogens is 4. The molecule has 33 heavy (non-hydrogen) atoms. The van der Waals surface area contributed by atoms with E-state index < -0.39 is 11.7 Å². The van der Waals surface area contributed by atoms with E-state index in [0.717, 1.165) is 25.0 Å². The van der Waals surface area contributed by atoms with E-state index in [9.17, 15) is 18.0 Å². The molecule has 1 aromatic carbocycles. The summed E-state index contributed by atoms with van der Waals surface area (Å²) in [7, 11) is 0. The van der Waals surface area contributed by atoms with Crippen LogP contribution in [0.5, 0.6) is 11.8 Å². The first-order valence-electron chi connectivity index (χ1n) is 10.4. The number of aromatic nitrogens is 2. The van der Waals surface area contributed by atoms with Crippen LogP contribution in [0.25, 0.3) is 0 Å². The number of nitrogens with zero attached hydrogens (tertiary/aromatic N) is 2. The molecule has 1 saturated carbocycles. The molecule has 1 aliphatic rings. The number of hydrogen-bond donors (Lipinski definition) is 1. The summed E-state index contributed by atoms with van der Waals surface area (Å²) in [6.07, 6.45) is -1.47. The average Bonchev–Trinajstić information content (AvgIpc) is 2.71. The van der Waals surface area contributed by atoms with Crippen molar-refractivity contribution in [3.05, 3.63) is 46.7 Å². The SMILES string of the molecule is CC(=O)N[C@@H](C)CO[C@H]1C[C@H](COc2ncnc(OCc3cccc(C(F)(F)F)c3)c2Cl)C1. The van der Waals surface area contributed by atoms with Gasteiger partial charge < -0.3 is 19.5 Å². The average molecular weight is 488 g/mol. The van der Waals surface area contributed by atoms with Gasteiger partial charge in [0.05, 0.1) is 24.9 Å². The van der Waals surface area contributed by atoms with Crippen LogP contribution in [0.15, 0.2) is 30.6 Å². The monoisotopic (exact) mass is 487 g/mol. The van der Waals surface area contributed by atoms with Crippen LogP contribution >= 0.6 is 11.6 Å². The van der Waals surface area contributed by atoms with Crippen molar-refractivity contribution >= 4 is 17.5 Å². The second kappa shape index (κ2) is 11.0. The van der Waals surface area contributed by atoms with Gasteiger partial charge in [0.1, 0.15) is 12.9 Å². The molecule has 1 fully saturated rings. The second-order valence-corrected chi connectivity index (χ2v) is 8.37. The maximum absolute atomic E-state index is 12.9. The minimum Gasteiger partial charge on any atom is -0.476 e. The topological polar surface area (TPSA) is 82.6 Å². The lowest BCUT2D eigenvalue weighted by Crippen LogP contribution is -2.40. The Kier molecular flexibility index (Phi) is 8.36. The number of amides is 1. The number of benzene rings is 1. The van der Waals surface area contributed by atoms with Crippen molar-refractivity contribution in [2.45, 2.75) is 51.6 Å². The van der Waals surface area contributed by atoms with Crippen molar-refractivity contribution in [3.63, 3.8) is 0 Å². The summed E-state index contributed by atoms with van der Waals surface area (Å²) >= 11 is 6.26. The van der Waals surface area contributed by atoms with E-state index in [0.29, 0.717) is 18.8 Å². The molecule has 1 heterocycles. The number of rotatable bonds is 10. The van der Waals surface area contributed by atoms with Crippen LogP contribution < -0.4 is 14.8 Å². The highest BCUT2D eigenvalue weighted by Gasteiger charge is 2.32. The number of alkyl halides is 3. The van der Waals surface area contributed by atoms with E-state index in [2.05, 4.69) is 15.3 Å². The maximum atomic E-state index is 12.9. The highest BCUT2D eigenvalue weighted by molar-refractivity contribution is 6.33. The summed E-state index contributed by atoms with van der Waals surface area (Å²) in [6.45, 7) is 4.03. The fourth-order valence-corrected chi connectivity index (χ4v) is 3.55. The smallest absolute Gasteiger partial charge is 0.416 e. The van der Waals surface area contributed by atoms with E-state index in [-0.39, 0.29) is 47.4 Å². The van der Waals surface area contributed by atoms with Gasteiger partial charge >= 0.3 is 6.18 Å². The molecule has 0 radical (unpaired) electrons. The second-order valence-electron chi connectivity index (χ2n) is 7.99. The standard InChI is InChI=1S/C22H25ClF3N3O4/c1-13(29-14(2)30)9-31-18-7-16(8-18)11-33-21-19(23)20(27-12-28-21)32-10-15-4-3-5-17(6-15)22(24,25)26/h3-6,12-13,16,18H,7-11H2,1-2H3,(H,29,30)/t13-,16-,18-/m0/s1. The van der Waals surface area contributed by atoms with E-state index in [1.54, 1.807) is 0 Å². The summed E-state index contributed by atoms with van der Waals surface area (Å²) in [5, 5.41) is 2.82. The van der Waals surface area contributed by atoms with Gasteiger partial charge in [-0.2, -0.15) is 13.2 Å². The fourth-order valence-electron chi connectivity index (χ4n) is 3.34.